The Labute approximate surface area is 180 Å². The number of pyridine rings is 1. The van der Waals surface area contributed by atoms with Gasteiger partial charge in [-0.15, -0.1) is 0 Å². The van der Waals surface area contributed by atoms with Crippen molar-refractivity contribution in [1.29, 1.82) is 5.26 Å². The number of rotatable bonds is 5. The molecule has 0 bridgehead atoms. The fraction of sp³-hybridized carbons (Fsp3) is 0.429. The van der Waals surface area contributed by atoms with Gasteiger partial charge >= 0.3 is 0 Å². The lowest BCUT2D eigenvalue weighted by molar-refractivity contribution is -0.0780. The number of sulfonamides is 1. The minimum Gasteiger partial charge on any atom is -0.377 e. The van der Waals surface area contributed by atoms with E-state index in [2.05, 4.69) is 10.3 Å². The summed E-state index contributed by atoms with van der Waals surface area (Å²) in [7, 11) is -4.01. The average Bonchev–Trinajstić information content (AvgIpc) is 3.04. The van der Waals surface area contributed by atoms with Gasteiger partial charge < -0.3 is 14.8 Å². The Hall–Kier alpha value is -2.58. The van der Waals surface area contributed by atoms with Crippen molar-refractivity contribution >= 4 is 15.8 Å². The number of nitriles is 1. The molecule has 10 heteroatoms. The Kier molecular flexibility index (Phi) is 6.20. The third-order valence-corrected chi connectivity index (χ3v) is 7.39. The molecule has 2 fully saturated rings. The maximum atomic E-state index is 14.2. The first kappa shape index (κ1) is 21.6. The second kappa shape index (κ2) is 8.88. The second-order valence-corrected chi connectivity index (χ2v) is 9.61. The summed E-state index contributed by atoms with van der Waals surface area (Å²) in [6.45, 7) is 1.23. The van der Waals surface area contributed by atoms with Gasteiger partial charge in [-0.1, -0.05) is 12.1 Å². The Morgan fingerprint density at radius 3 is 2.90 bits per heavy atom. The van der Waals surface area contributed by atoms with E-state index in [4.69, 9.17) is 14.7 Å². The van der Waals surface area contributed by atoms with Gasteiger partial charge in [-0.25, -0.2) is 17.8 Å². The number of benzene rings is 1. The molecule has 0 amide bonds. The molecule has 4 rings (SSSR count). The summed E-state index contributed by atoms with van der Waals surface area (Å²) >= 11 is 0. The molecule has 0 radical (unpaired) electrons. The van der Waals surface area contributed by atoms with Gasteiger partial charge in [0.05, 0.1) is 24.9 Å². The van der Waals surface area contributed by atoms with E-state index in [-0.39, 0.29) is 37.3 Å². The van der Waals surface area contributed by atoms with E-state index in [1.165, 1.54) is 28.7 Å². The van der Waals surface area contributed by atoms with E-state index in [1.54, 1.807) is 12.1 Å². The highest BCUT2D eigenvalue weighted by Crippen LogP contribution is 2.35. The van der Waals surface area contributed by atoms with E-state index in [0.29, 0.717) is 24.3 Å². The summed E-state index contributed by atoms with van der Waals surface area (Å²) in [5, 5.41) is 12.0. The van der Waals surface area contributed by atoms with E-state index in [9.17, 15) is 12.8 Å². The maximum Gasteiger partial charge on any atom is 0.246 e. The molecule has 1 spiro atoms. The number of ether oxygens (including phenoxy) is 2. The van der Waals surface area contributed by atoms with Crippen LogP contribution < -0.4 is 5.32 Å². The number of hydrogen-bond donors (Lipinski definition) is 1. The van der Waals surface area contributed by atoms with Crippen molar-refractivity contribution in [3.05, 3.63) is 54.0 Å². The van der Waals surface area contributed by atoms with Crippen LogP contribution in [-0.2, 0) is 19.5 Å². The van der Waals surface area contributed by atoms with Crippen LogP contribution in [0.2, 0.25) is 0 Å². The van der Waals surface area contributed by atoms with Crippen LogP contribution in [0.4, 0.5) is 10.2 Å². The Balaban J connectivity index is 1.44. The number of nitrogens with zero attached hydrogens (tertiary/aromatic N) is 3. The Morgan fingerprint density at radius 1 is 1.32 bits per heavy atom. The van der Waals surface area contributed by atoms with Gasteiger partial charge in [0.1, 0.15) is 28.2 Å². The lowest BCUT2D eigenvalue weighted by Gasteiger charge is -2.31. The number of nitrogens with one attached hydrogen (secondary N) is 1. The van der Waals surface area contributed by atoms with E-state index >= 15 is 0 Å². The zero-order valence-corrected chi connectivity index (χ0v) is 17.6. The van der Waals surface area contributed by atoms with Gasteiger partial charge in [-0.2, -0.15) is 9.57 Å². The fourth-order valence-electron chi connectivity index (χ4n) is 3.91. The van der Waals surface area contributed by atoms with Crippen molar-refractivity contribution < 1.29 is 22.3 Å². The topological polar surface area (TPSA) is 105 Å². The molecular formula is C21H23FN4O4S. The zero-order chi connectivity index (χ0) is 21.9. The van der Waals surface area contributed by atoms with Crippen LogP contribution in [0.1, 0.15) is 18.4 Å². The highest BCUT2D eigenvalue weighted by atomic mass is 32.2. The van der Waals surface area contributed by atoms with Crippen LogP contribution in [-0.4, -0.2) is 62.3 Å². The summed E-state index contributed by atoms with van der Waals surface area (Å²) in [6, 6.07) is 10.8. The van der Waals surface area contributed by atoms with Crippen LogP contribution in [0, 0.1) is 17.1 Å². The standard InChI is InChI=1S/C21H23FN4O4S/c22-18-3-1-2-4-19(18)31(27,28)26-9-10-29-15-21(14-26)8-7-17(30-21)13-25-20-6-5-16(11-23)12-24-20/h1-6,12,17H,7-10,13-15H2,(H,24,25)/t17-,21-/m0/s1. The first-order valence-electron chi connectivity index (χ1n) is 10.0. The summed E-state index contributed by atoms with van der Waals surface area (Å²) < 4.78 is 53.5. The summed E-state index contributed by atoms with van der Waals surface area (Å²) in [6.07, 6.45) is 2.69. The van der Waals surface area contributed by atoms with Crippen LogP contribution >= 0.6 is 0 Å². The van der Waals surface area contributed by atoms with Crippen molar-refractivity contribution in [2.45, 2.75) is 29.4 Å². The molecule has 8 nitrogen and oxygen atoms in total. The molecular weight excluding hydrogens is 423 g/mol. The maximum absolute atomic E-state index is 14.2. The highest BCUT2D eigenvalue weighted by molar-refractivity contribution is 7.89. The first-order valence-corrected chi connectivity index (χ1v) is 11.5. The molecule has 1 aromatic heterocycles. The molecule has 0 unspecified atom stereocenters. The number of aromatic nitrogens is 1. The third-order valence-electron chi connectivity index (χ3n) is 5.51. The molecule has 2 atom stereocenters. The minimum absolute atomic E-state index is 0.106. The average molecular weight is 447 g/mol. The fourth-order valence-corrected chi connectivity index (χ4v) is 5.48. The molecule has 2 aliphatic rings. The van der Waals surface area contributed by atoms with E-state index < -0.39 is 21.4 Å². The summed E-state index contributed by atoms with van der Waals surface area (Å²) in [4.78, 5) is 3.84. The highest BCUT2D eigenvalue weighted by Gasteiger charge is 2.45. The molecule has 164 valence electrons. The van der Waals surface area contributed by atoms with Gasteiger partial charge in [0.2, 0.25) is 10.0 Å². The lowest BCUT2D eigenvalue weighted by Crippen LogP contribution is -2.47. The first-order chi connectivity index (χ1) is 14.9. The molecule has 2 aromatic rings. The number of anilines is 1. The normalized spacial score (nSPS) is 24.6. The summed E-state index contributed by atoms with van der Waals surface area (Å²) in [5.41, 5.74) is -0.299. The lowest BCUT2D eigenvalue weighted by atomic mass is 10.0. The van der Waals surface area contributed by atoms with Gasteiger partial charge in [0.15, 0.2) is 0 Å². The van der Waals surface area contributed by atoms with Crippen molar-refractivity contribution in [2.75, 3.05) is 38.2 Å². The van der Waals surface area contributed by atoms with E-state index in [1.807, 2.05) is 6.07 Å². The molecule has 2 aliphatic heterocycles. The molecule has 0 saturated carbocycles. The van der Waals surface area contributed by atoms with Gasteiger partial charge in [-0.3, -0.25) is 0 Å². The van der Waals surface area contributed by atoms with E-state index in [0.717, 1.165) is 12.5 Å². The SMILES string of the molecule is N#Cc1ccc(NC[C@@H]2CC[C@]3(COCCN(S(=O)(=O)c4ccccc4F)C3)O2)nc1. The smallest absolute Gasteiger partial charge is 0.246 e. The Bertz CT molecular complexity index is 1070. The van der Waals surface area contributed by atoms with Crippen LogP contribution in [0.5, 0.6) is 0 Å². The monoisotopic (exact) mass is 446 g/mol. The van der Waals surface area contributed by atoms with Crippen molar-refractivity contribution in [2.24, 2.45) is 0 Å². The summed E-state index contributed by atoms with van der Waals surface area (Å²) in [5.74, 6) is -0.143. The quantitative estimate of drug-likeness (QED) is 0.750. The largest absolute Gasteiger partial charge is 0.377 e. The third kappa shape index (κ3) is 4.70. The molecule has 31 heavy (non-hydrogen) atoms. The zero-order valence-electron chi connectivity index (χ0n) is 16.8. The predicted octanol–water partition coefficient (Wildman–Crippen LogP) is 2.14. The minimum atomic E-state index is -4.01. The van der Waals surface area contributed by atoms with Crippen molar-refractivity contribution in [1.82, 2.24) is 9.29 Å². The Morgan fingerprint density at radius 2 is 2.16 bits per heavy atom. The molecule has 2 saturated heterocycles. The second-order valence-electron chi connectivity index (χ2n) is 7.71. The predicted molar refractivity (Wildman–Crippen MR) is 110 cm³/mol. The molecule has 1 N–H and O–H groups in total. The van der Waals surface area contributed by atoms with Crippen LogP contribution in [0.25, 0.3) is 0 Å². The van der Waals surface area contributed by atoms with Gasteiger partial charge in [0, 0.05) is 25.8 Å². The van der Waals surface area contributed by atoms with Crippen LogP contribution in [0.3, 0.4) is 0 Å². The number of halogens is 1. The molecule has 0 aliphatic carbocycles. The van der Waals surface area contributed by atoms with Crippen molar-refractivity contribution in [3.63, 3.8) is 0 Å². The molecule has 3 heterocycles. The van der Waals surface area contributed by atoms with Crippen molar-refractivity contribution in [3.8, 4) is 6.07 Å². The number of hydrogen-bond acceptors (Lipinski definition) is 7. The van der Waals surface area contributed by atoms with Crippen LogP contribution in [0.15, 0.2) is 47.5 Å². The van der Waals surface area contributed by atoms with Gasteiger partial charge in [-0.05, 0) is 37.1 Å². The molecule has 1 aromatic carbocycles. The van der Waals surface area contributed by atoms with Gasteiger partial charge in [0.25, 0.3) is 0 Å².